The fourth-order valence-electron chi connectivity index (χ4n) is 9.16. The van der Waals surface area contributed by atoms with Gasteiger partial charge in [-0.15, -0.1) is 0 Å². The van der Waals surface area contributed by atoms with Gasteiger partial charge in [0.2, 0.25) is 0 Å². The summed E-state index contributed by atoms with van der Waals surface area (Å²) >= 11 is 1.85. The number of rotatable bonds is 2. The largest absolute Gasteiger partial charge is 0.452 e. The molecule has 0 amide bonds. The summed E-state index contributed by atoms with van der Waals surface area (Å²) in [6.07, 6.45) is 0. The average molecular weight is 692 g/mol. The normalized spacial score (nSPS) is 12.8. The molecular formula is C48H25N3OS. The summed E-state index contributed by atoms with van der Waals surface area (Å²) in [5, 5.41) is 8.55. The lowest BCUT2D eigenvalue weighted by Crippen LogP contribution is -2.03. The number of hydrogen-bond acceptors (Lipinski definition) is 4. The maximum atomic E-state index is 6.44. The van der Waals surface area contributed by atoms with Crippen LogP contribution in [0.25, 0.3) is 116 Å². The van der Waals surface area contributed by atoms with Crippen LogP contribution in [0.2, 0.25) is 0 Å². The van der Waals surface area contributed by atoms with Gasteiger partial charge in [-0.3, -0.25) is 0 Å². The molecule has 8 aromatic carbocycles. The minimum Gasteiger partial charge on any atom is -0.452 e. The van der Waals surface area contributed by atoms with Crippen LogP contribution in [0.4, 0.5) is 0 Å². The van der Waals surface area contributed by atoms with Gasteiger partial charge >= 0.3 is 0 Å². The van der Waals surface area contributed by atoms with Crippen molar-refractivity contribution in [3.8, 4) is 50.6 Å². The van der Waals surface area contributed by atoms with Crippen molar-refractivity contribution in [3.05, 3.63) is 152 Å². The molecule has 2 aliphatic rings. The SMILES string of the molecule is c1ccc(-c2nc(-c3cc4c5c(c3)c3cccc6c3n5-c3c(cccc3-c3c-6c5ccccc5c5ccccc35)S4)nc3c2oc2ccccc23)cc1. The molecule has 0 bridgehead atoms. The molecule has 0 radical (unpaired) electrons. The lowest BCUT2D eigenvalue weighted by Gasteiger charge is -2.23. The van der Waals surface area contributed by atoms with Gasteiger partial charge in [-0.25, -0.2) is 9.97 Å². The zero-order chi connectivity index (χ0) is 34.4. The molecule has 0 aliphatic carbocycles. The first kappa shape index (κ1) is 28.0. The van der Waals surface area contributed by atoms with Crippen molar-refractivity contribution in [2.24, 2.45) is 0 Å². The number of para-hydroxylation sites is 3. The Balaban J connectivity index is 1.17. The summed E-state index contributed by atoms with van der Waals surface area (Å²) in [5.74, 6) is 0.688. The van der Waals surface area contributed by atoms with Gasteiger partial charge in [0.1, 0.15) is 16.8 Å². The summed E-state index contributed by atoms with van der Waals surface area (Å²) in [6, 6.07) is 54.6. The second kappa shape index (κ2) is 10.0. The Morgan fingerprint density at radius 2 is 1.13 bits per heavy atom. The van der Waals surface area contributed by atoms with E-state index in [9.17, 15) is 0 Å². The van der Waals surface area contributed by atoms with E-state index in [0.717, 1.165) is 33.3 Å². The Morgan fingerprint density at radius 3 is 1.94 bits per heavy atom. The monoisotopic (exact) mass is 691 g/mol. The van der Waals surface area contributed by atoms with Crippen molar-refractivity contribution in [1.29, 1.82) is 0 Å². The second-order valence-electron chi connectivity index (χ2n) is 14.0. The lowest BCUT2D eigenvalue weighted by molar-refractivity contribution is 0.667. The van der Waals surface area contributed by atoms with Crippen LogP contribution >= 0.6 is 11.8 Å². The topological polar surface area (TPSA) is 43.9 Å². The van der Waals surface area contributed by atoms with Crippen LogP contribution in [0.15, 0.2) is 166 Å². The van der Waals surface area contributed by atoms with E-state index in [1.165, 1.54) is 81.1 Å². The van der Waals surface area contributed by atoms with Crippen LogP contribution in [0.5, 0.6) is 0 Å². The van der Waals surface area contributed by atoms with Gasteiger partial charge in [0.15, 0.2) is 11.4 Å². The van der Waals surface area contributed by atoms with Crippen molar-refractivity contribution < 1.29 is 4.42 Å². The molecule has 0 spiro atoms. The maximum Gasteiger partial charge on any atom is 0.180 e. The zero-order valence-electron chi connectivity index (χ0n) is 28.1. The predicted octanol–water partition coefficient (Wildman–Crippen LogP) is 13.2. The quantitative estimate of drug-likeness (QED) is 0.169. The molecule has 0 fully saturated rings. The van der Waals surface area contributed by atoms with Crippen LogP contribution in [0.1, 0.15) is 0 Å². The number of fused-ring (bicyclic) bond motifs is 12. The van der Waals surface area contributed by atoms with E-state index < -0.39 is 0 Å². The fourth-order valence-corrected chi connectivity index (χ4v) is 10.3. The molecule has 0 saturated carbocycles. The van der Waals surface area contributed by atoms with E-state index in [-0.39, 0.29) is 0 Å². The average Bonchev–Trinajstić information content (AvgIpc) is 3.72. The highest BCUT2D eigenvalue weighted by Crippen LogP contribution is 2.57. The van der Waals surface area contributed by atoms with Crippen LogP contribution in [0, 0.1) is 0 Å². The standard InChI is InChI=1S/C48H25N3OS/c1-2-12-26(13-3-1)42-47-43(33-18-8-9-22-37(33)52-47)50-48(49-42)27-24-36-32-19-10-20-34-40-30-16-6-4-14-28(30)29-15-5-7-17-31(29)41(40)35-21-11-23-38-45(35)51(44(32)34)46(36)39(25-27)53-38/h1-25H. The first-order valence-corrected chi connectivity index (χ1v) is 18.7. The van der Waals surface area contributed by atoms with E-state index in [1.807, 2.05) is 48.2 Å². The summed E-state index contributed by atoms with van der Waals surface area (Å²) < 4.78 is 9.00. The number of nitrogens with zero attached hydrogens (tertiary/aromatic N) is 3. The number of furan rings is 1. The van der Waals surface area contributed by atoms with Crippen molar-refractivity contribution in [3.63, 3.8) is 0 Å². The van der Waals surface area contributed by atoms with E-state index in [4.69, 9.17) is 14.4 Å². The lowest BCUT2D eigenvalue weighted by atomic mass is 9.84. The molecule has 11 aromatic rings. The Kier molecular flexibility index (Phi) is 5.28. The Morgan fingerprint density at radius 1 is 0.472 bits per heavy atom. The van der Waals surface area contributed by atoms with Gasteiger partial charge in [-0.05, 0) is 51.9 Å². The first-order valence-electron chi connectivity index (χ1n) is 17.9. The van der Waals surface area contributed by atoms with Crippen LogP contribution < -0.4 is 0 Å². The number of aromatic nitrogens is 3. The Labute approximate surface area is 307 Å². The molecular weight excluding hydrogens is 667 g/mol. The highest BCUT2D eigenvalue weighted by Gasteiger charge is 2.33. The van der Waals surface area contributed by atoms with E-state index in [1.54, 1.807) is 0 Å². The third kappa shape index (κ3) is 3.57. The van der Waals surface area contributed by atoms with Gasteiger partial charge in [-0.1, -0.05) is 133 Å². The smallest absolute Gasteiger partial charge is 0.180 e. The molecule has 0 N–H and O–H groups in total. The molecule has 2 aliphatic heterocycles. The van der Waals surface area contributed by atoms with Crippen LogP contribution in [-0.2, 0) is 0 Å². The zero-order valence-corrected chi connectivity index (χ0v) is 28.9. The van der Waals surface area contributed by atoms with Crippen LogP contribution in [-0.4, -0.2) is 14.5 Å². The van der Waals surface area contributed by atoms with Gasteiger partial charge < -0.3 is 8.98 Å². The molecule has 5 heteroatoms. The molecule has 13 rings (SSSR count). The summed E-state index contributed by atoms with van der Waals surface area (Å²) in [5.41, 5.74) is 14.0. The summed E-state index contributed by atoms with van der Waals surface area (Å²) in [4.78, 5) is 13.0. The van der Waals surface area contributed by atoms with Gasteiger partial charge in [0.05, 0.1) is 16.7 Å². The van der Waals surface area contributed by atoms with Gasteiger partial charge in [0.25, 0.3) is 0 Å². The molecule has 0 saturated heterocycles. The molecule has 0 atom stereocenters. The highest BCUT2D eigenvalue weighted by molar-refractivity contribution is 7.99. The molecule has 53 heavy (non-hydrogen) atoms. The molecule has 3 aromatic heterocycles. The third-order valence-electron chi connectivity index (χ3n) is 11.3. The first-order chi connectivity index (χ1) is 26.3. The Bertz CT molecular complexity index is 3430. The second-order valence-corrected chi connectivity index (χ2v) is 15.1. The van der Waals surface area contributed by atoms with Crippen molar-refractivity contribution >= 4 is 77.2 Å². The molecule has 244 valence electrons. The molecule has 4 nitrogen and oxygen atoms in total. The van der Waals surface area contributed by atoms with Crippen molar-refractivity contribution in [2.45, 2.75) is 9.79 Å². The Hall–Kier alpha value is -6.69. The van der Waals surface area contributed by atoms with Crippen LogP contribution in [0.3, 0.4) is 0 Å². The highest BCUT2D eigenvalue weighted by atomic mass is 32.2. The summed E-state index contributed by atoms with van der Waals surface area (Å²) in [6.45, 7) is 0. The predicted molar refractivity (Wildman–Crippen MR) is 218 cm³/mol. The van der Waals surface area contributed by atoms with Crippen molar-refractivity contribution in [2.75, 3.05) is 0 Å². The number of hydrogen-bond donors (Lipinski definition) is 0. The van der Waals surface area contributed by atoms with E-state index in [0.29, 0.717) is 11.4 Å². The van der Waals surface area contributed by atoms with Crippen molar-refractivity contribution in [1.82, 2.24) is 14.5 Å². The maximum absolute atomic E-state index is 6.44. The minimum absolute atomic E-state index is 0.688. The molecule has 5 heterocycles. The fraction of sp³-hybridized carbons (Fsp3) is 0. The molecule has 0 unspecified atom stereocenters. The van der Waals surface area contributed by atoms with Gasteiger partial charge in [0, 0.05) is 59.3 Å². The van der Waals surface area contributed by atoms with E-state index in [2.05, 4.69) is 120 Å². The number of benzene rings is 8. The third-order valence-corrected chi connectivity index (χ3v) is 12.4. The van der Waals surface area contributed by atoms with Gasteiger partial charge in [-0.2, -0.15) is 0 Å². The minimum atomic E-state index is 0.688. The van der Waals surface area contributed by atoms with E-state index >= 15 is 0 Å². The summed E-state index contributed by atoms with van der Waals surface area (Å²) in [7, 11) is 0.